The molecular formula is C30H25BrO6S2. The molecule has 200 valence electrons. The smallest absolute Gasteiger partial charge is 0.335 e. The molecule has 0 radical (unpaired) electrons. The molecule has 0 unspecified atom stereocenters. The first-order valence-corrected chi connectivity index (χ1v) is 14.0. The number of carbonyl (C=O) groups is 4. The second kappa shape index (κ2) is 17.0. The van der Waals surface area contributed by atoms with Gasteiger partial charge in [-0.2, -0.15) is 0 Å². The summed E-state index contributed by atoms with van der Waals surface area (Å²) in [6.07, 6.45) is 0. The van der Waals surface area contributed by atoms with E-state index in [1.54, 1.807) is 42.5 Å². The highest BCUT2D eigenvalue weighted by molar-refractivity contribution is 9.09. The fourth-order valence-electron chi connectivity index (χ4n) is 2.92. The van der Waals surface area contributed by atoms with Crippen molar-refractivity contribution in [2.75, 3.05) is 11.1 Å². The summed E-state index contributed by atoms with van der Waals surface area (Å²) < 4.78 is 0. The molecule has 0 aliphatic carbocycles. The lowest BCUT2D eigenvalue weighted by atomic mass is 10.2. The molecule has 39 heavy (non-hydrogen) atoms. The van der Waals surface area contributed by atoms with Crippen LogP contribution < -0.4 is 0 Å². The number of aromatic carboxylic acids is 2. The van der Waals surface area contributed by atoms with Crippen LogP contribution in [0, 0.1) is 0 Å². The molecule has 4 aromatic carbocycles. The molecule has 0 bridgehead atoms. The second-order valence-corrected chi connectivity index (χ2v) is 9.82. The van der Waals surface area contributed by atoms with Gasteiger partial charge in [0.1, 0.15) is 0 Å². The topological polar surface area (TPSA) is 109 Å². The van der Waals surface area contributed by atoms with Gasteiger partial charge in [-0.05, 0) is 36.4 Å². The fourth-order valence-corrected chi connectivity index (χ4v) is 4.31. The van der Waals surface area contributed by atoms with Crippen LogP contribution in [0.15, 0.2) is 119 Å². The number of halogens is 1. The van der Waals surface area contributed by atoms with Crippen LogP contribution in [0.3, 0.4) is 0 Å². The summed E-state index contributed by atoms with van der Waals surface area (Å²) in [4.78, 5) is 45.5. The molecule has 0 saturated heterocycles. The molecule has 0 fully saturated rings. The Morgan fingerprint density at radius 3 is 1.54 bits per heavy atom. The van der Waals surface area contributed by atoms with Crippen LogP contribution in [0.1, 0.15) is 41.4 Å². The summed E-state index contributed by atoms with van der Waals surface area (Å²) in [6, 6.07) is 31.3. The van der Waals surface area contributed by atoms with Gasteiger partial charge in [0, 0.05) is 20.9 Å². The Bertz CT molecular complexity index is 1390. The maximum absolute atomic E-state index is 11.9. The number of ketones is 2. The lowest BCUT2D eigenvalue weighted by molar-refractivity contribution is 0.0685. The van der Waals surface area contributed by atoms with Crippen LogP contribution in [0.4, 0.5) is 0 Å². The Morgan fingerprint density at radius 2 is 1.08 bits per heavy atom. The van der Waals surface area contributed by atoms with Crippen molar-refractivity contribution < 1.29 is 29.4 Å². The van der Waals surface area contributed by atoms with Gasteiger partial charge in [-0.15, -0.1) is 24.4 Å². The number of hydrogen-bond acceptors (Lipinski definition) is 6. The van der Waals surface area contributed by atoms with Gasteiger partial charge in [-0.1, -0.05) is 88.7 Å². The average Bonchev–Trinajstić information content (AvgIpc) is 2.97. The Labute approximate surface area is 244 Å². The van der Waals surface area contributed by atoms with Crippen LogP contribution in [0.5, 0.6) is 0 Å². The van der Waals surface area contributed by atoms with Crippen molar-refractivity contribution in [1.82, 2.24) is 0 Å². The SMILES string of the molecule is O=C(CBr)c1ccccc1.O=C(O)c1cccc(S)c1.O=C(O)c1cccc(SCC(=O)c2ccccc2)c1. The Morgan fingerprint density at radius 1 is 0.615 bits per heavy atom. The lowest BCUT2D eigenvalue weighted by Gasteiger charge is -2.02. The summed E-state index contributed by atoms with van der Waals surface area (Å²) in [5.74, 6) is -1.42. The summed E-state index contributed by atoms with van der Waals surface area (Å²) in [6.45, 7) is 0. The number of thioether (sulfide) groups is 1. The number of rotatable bonds is 8. The zero-order valence-corrected chi connectivity index (χ0v) is 23.9. The molecule has 0 saturated carbocycles. The predicted octanol–water partition coefficient (Wildman–Crippen LogP) is 7.30. The Hall–Kier alpha value is -3.66. The Kier molecular flexibility index (Phi) is 13.8. The van der Waals surface area contributed by atoms with E-state index in [1.807, 2.05) is 48.5 Å². The second-order valence-electron chi connectivity index (χ2n) is 7.69. The van der Waals surface area contributed by atoms with Crippen LogP contribution in [-0.2, 0) is 0 Å². The number of carboxylic acid groups (broad SMARTS) is 2. The monoisotopic (exact) mass is 624 g/mol. The summed E-state index contributed by atoms with van der Waals surface area (Å²) in [5, 5.41) is 17.8. The largest absolute Gasteiger partial charge is 0.478 e. The van der Waals surface area contributed by atoms with Crippen molar-refractivity contribution in [3.8, 4) is 0 Å². The van der Waals surface area contributed by atoms with Gasteiger partial charge in [0.2, 0.25) is 0 Å². The molecule has 6 nitrogen and oxygen atoms in total. The average molecular weight is 626 g/mol. The van der Waals surface area contributed by atoms with E-state index < -0.39 is 11.9 Å². The highest BCUT2D eigenvalue weighted by Gasteiger charge is 2.08. The summed E-state index contributed by atoms with van der Waals surface area (Å²) in [7, 11) is 0. The predicted molar refractivity (Wildman–Crippen MR) is 160 cm³/mol. The molecule has 0 spiro atoms. The molecule has 0 amide bonds. The van der Waals surface area contributed by atoms with Crippen molar-refractivity contribution >= 4 is 63.8 Å². The van der Waals surface area contributed by atoms with Gasteiger partial charge in [-0.25, -0.2) is 9.59 Å². The third-order valence-corrected chi connectivity index (χ3v) is 6.64. The third kappa shape index (κ3) is 11.7. The number of Topliss-reactive ketones (excluding diaryl/α,β-unsaturated/α-hetero) is 2. The van der Waals surface area contributed by atoms with E-state index in [0.717, 1.165) is 10.5 Å². The van der Waals surface area contributed by atoms with Gasteiger partial charge < -0.3 is 10.2 Å². The van der Waals surface area contributed by atoms with E-state index in [-0.39, 0.29) is 22.7 Å². The minimum absolute atomic E-state index is 0.0336. The van der Waals surface area contributed by atoms with Crippen LogP contribution in [-0.4, -0.2) is 44.8 Å². The number of hydrogen-bond donors (Lipinski definition) is 3. The van der Waals surface area contributed by atoms with Gasteiger partial charge in [-0.3, -0.25) is 9.59 Å². The molecule has 4 aromatic rings. The van der Waals surface area contributed by atoms with E-state index in [1.165, 1.54) is 30.0 Å². The fraction of sp³-hybridized carbons (Fsp3) is 0.0667. The van der Waals surface area contributed by atoms with Crippen LogP contribution >= 0.6 is 40.3 Å². The van der Waals surface area contributed by atoms with Crippen molar-refractivity contribution in [3.05, 3.63) is 131 Å². The molecule has 0 aliphatic heterocycles. The van der Waals surface area contributed by atoms with Crippen molar-refractivity contribution in [1.29, 1.82) is 0 Å². The van der Waals surface area contributed by atoms with E-state index in [9.17, 15) is 19.2 Å². The van der Waals surface area contributed by atoms with E-state index in [4.69, 9.17) is 10.2 Å². The van der Waals surface area contributed by atoms with E-state index >= 15 is 0 Å². The zero-order valence-electron chi connectivity index (χ0n) is 20.6. The van der Waals surface area contributed by atoms with E-state index in [0.29, 0.717) is 21.5 Å². The van der Waals surface area contributed by atoms with Crippen LogP contribution in [0.2, 0.25) is 0 Å². The summed E-state index contributed by atoms with van der Waals surface area (Å²) in [5.41, 5.74) is 1.94. The minimum Gasteiger partial charge on any atom is -0.478 e. The normalized spacial score (nSPS) is 9.69. The van der Waals surface area contributed by atoms with Gasteiger partial charge in [0.25, 0.3) is 0 Å². The molecule has 0 aliphatic rings. The first-order chi connectivity index (χ1) is 18.7. The minimum atomic E-state index is -0.961. The number of alkyl halides is 1. The zero-order chi connectivity index (χ0) is 28.6. The highest BCUT2D eigenvalue weighted by Crippen LogP contribution is 2.20. The maximum atomic E-state index is 11.9. The quantitative estimate of drug-likeness (QED) is 0.0816. The summed E-state index contributed by atoms with van der Waals surface area (Å²) >= 11 is 8.43. The van der Waals surface area contributed by atoms with Crippen molar-refractivity contribution in [2.24, 2.45) is 0 Å². The Balaban J connectivity index is 0.000000225. The molecule has 9 heteroatoms. The molecule has 0 aromatic heterocycles. The van der Waals surface area contributed by atoms with E-state index in [2.05, 4.69) is 28.6 Å². The first-order valence-electron chi connectivity index (χ1n) is 11.4. The van der Waals surface area contributed by atoms with Gasteiger partial charge in [0.05, 0.1) is 22.2 Å². The maximum Gasteiger partial charge on any atom is 0.335 e. The standard InChI is InChI=1S/C15H12O3S.C8H7BrO.C7H6O2S/c16-14(11-5-2-1-3-6-11)10-19-13-8-4-7-12(9-13)15(17)18;9-6-8(10)7-4-2-1-3-5-7;8-7(9)5-2-1-3-6(10)4-5/h1-9H,10H2,(H,17,18);1-5H,6H2;1-4,10H,(H,8,9). The molecule has 4 rings (SSSR count). The number of thiol groups is 1. The molecule has 0 atom stereocenters. The molecular weight excluding hydrogens is 600 g/mol. The van der Waals surface area contributed by atoms with Gasteiger partial charge in [0.15, 0.2) is 11.6 Å². The lowest BCUT2D eigenvalue weighted by Crippen LogP contribution is -2.02. The number of carbonyl (C=O) groups excluding carboxylic acids is 2. The number of benzene rings is 4. The van der Waals surface area contributed by atoms with Crippen molar-refractivity contribution in [3.63, 3.8) is 0 Å². The first kappa shape index (κ1) is 31.6. The molecule has 0 heterocycles. The van der Waals surface area contributed by atoms with Crippen molar-refractivity contribution in [2.45, 2.75) is 9.79 Å². The third-order valence-electron chi connectivity index (χ3n) is 4.86. The highest BCUT2D eigenvalue weighted by atomic mass is 79.9. The molecule has 2 N–H and O–H groups in total. The van der Waals surface area contributed by atoms with Crippen LogP contribution in [0.25, 0.3) is 0 Å². The van der Waals surface area contributed by atoms with Gasteiger partial charge >= 0.3 is 11.9 Å². The number of carboxylic acids is 2.